The summed E-state index contributed by atoms with van der Waals surface area (Å²) in [7, 11) is 1.65. The van der Waals surface area contributed by atoms with E-state index in [4.69, 9.17) is 4.74 Å². The molecule has 1 unspecified atom stereocenters. The second-order valence-electron chi connectivity index (χ2n) is 5.95. The van der Waals surface area contributed by atoms with Crippen molar-refractivity contribution in [1.29, 1.82) is 0 Å². The van der Waals surface area contributed by atoms with Gasteiger partial charge >= 0.3 is 0 Å². The fraction of sp³-hybridized carbons (Fsp3) is 0.350. The Morgan fingerprint density at radius 3 is 2.65 bits per heavy atom. The van der Waals surface area contributed by atoms with Crippen molar-refractivity contribution in [2.24, 2.45) is 4.99 Å². The van der Waals surface area contributed by atoms with Crippen LogP contribution in [0.3, 0.4) is 0 Å². The Morgan fingerprint density at radius 1 is 1.15 bits per heavy atom. The van der Waals surface area contributed by atoms with E-state index in [-0.39, 0.29) is 18.0 Å². The molecule has 2 N–H and O–H groups in total. The fourth-order valence-corrected chi connectivity index (χ4v) is 2.60. The highest BCUT2D eigenvalue weighted by Crippen LogP contribution is 2.25. The summed E-state index contributed by atoms with van der Waals surface area (Å²) in [5.74, 6) is 0.636. The van der Waals surface area contributed by atoms with E-state index in [2.05, 4.69) is 22.5 Å². The Balaban J connectivity index is 2.04. The molecule has 1 atom stereocenters. The van der Waals surface area contributed by atoms with Gasteiger partial charge in [0.15, 0.2) is 5.96 Å². The third kappa shape index (κ3) is 5.44. The quantitative estimate of drug-likeness (QED) is 0.582. The number of aliphatic imine (C=N–C) groups is 1. The van der Waals surface area contributed by atoms with Crippen LogP contribution in [0.25, 0.3) is 0 Å². The minimum atomic E-state index is -0.473. The minimum Gasteiger partial charge on any atom is -0.496 e. The first-order valence-corrected chi connectivity index (χ1v) is 8.64. The van der Waals surface area contributed by atoms with E-state index in [1.807, 2.05) is 31.2 Å². The molecule has 2 aromatic rings. The van der Waals surface area contributed by atoms with Crippen molar-refractivity contribution in [3.63, 3.8) is 0 Å². The number of halogens is 2. The molecular weight excluding hydrogens is 336 g/mol. The Bertz CT molecular complexity index is 750. The average Bonchev–Trinajstić information content (AvgIpc) is 2.66. The first-order chi connectivity index (χ1) is 12.5. The van der Waals surface area contributed by atoms with Crippen LogP contribution in [0.5, 0.6) is 5.75 Å². The van der Waals surface area contributed by atoms with Gasteiger partial charge in [-0.15, -0.1) is 0 Å². The summed E-state index contributed by atoms with van der Waals surface area (Å²) in [5.41, 5.74) is 1.31. The molecule has 0 aliphatic carbocycles. The van der Waals surface area contributed by atoms with Gasteiger partial charge in [0.25, 0.3) is 0 Å². The third-order valence-corrected chi connectivity index (χ3v) is 4.01. The summed E-state index contributed by atoms with van der Waals surface area (Å²) in [6, 6.07) is 11.2. The molecule has 0 fully saturated rings. The Morgan fingerprint density at radius 2 is 1.92 bits per heavy atom. The molecule has 2 aromatic carbocycles. The lowest BCUT2D eigenvalue weighted by atomic mass is 10.0. The molecule has 0 radical (unpaired) electrons. The maximum Gasteiger partial charge on any atom is 0.191 e. The minimum absolute atomic E-state index is 0.0575. The summed E-state index contributed by atoms with van der Waals surface area (Å²) in [5, 5.41) is 6.36. The molecule has 0 saturated heterocycles. The van der Waals surface area contributed by atoms with E-state index < -0.39 is 11.6 Å². The van der Waals surface area contributed by atoms with E-state index in [1.54, 1.807) is 7.11 Å². The van der Waals surface area contributed by atoms with E-state index in [0.29, 0.717) is 19.0 Å². The third-order valence-electron chi connectivity index (χ3n) is 4.01. The summed E-state index contributed by atoms with van der Waals surface area (Å²) in [6.45, 7) is 5.38. The van der Waals surface area contributed by atoms with Crippen LogP contribution in [0.2, 0.25) is 0 Å². The summed E-state index contributed by atoms with van der Waals surface area (Å²) in [4.78, 5) is 4.35. The van der Waals surface area contributed by atoms with E-state index >= 15 is 0 Å². The van der Waals surface area contributed by atoms with Crippen molar-refractivity contribution >= 4 is 5.96 Å². The standard InChI is InChI=1S/C20H25F2N3O/c1-4-23-20(25-13-15-11-16(21)9-10-18(15)22)24-12-14(2)17-7-5-6-8-19(17)26-3/h5-11,14H,4,12-13H2,1-3H3,(H2,23,24,25). The number of nitrogens with one attached hydrogen (secondary N) is 2. The monoisotopic (exact) mass is 361 g/mol. The normalized spacial score (nSPS) is 12.6. The van der Waals surface area contributed by atoms with Crippen LogP contribution in [0.1, 0.15) is 30.9 Å². The van der Waals surface area contributed by atoms with Gasteiger partial charge in [-0.25, -0.2) is 13.8 Å². The van der Waals surface area contributed by atoms with Crippen LogP contribution in [-0.4, -0.2) is 26.2 Å². The van der Waals surface area contributed by atoms with Gasteiger partial charge in [-0.05, 0) is 36.8 Å². The molecule has 4 nitrogen and oxygen atoms in total. The molecule has 2 rings (SSSR count). The molecule has 0 aliphatic rings. The van der Waals surface area contributed by atoms with Gasteiger partial charge < -0.3 is 15.4 Å². The molecule has 6 heteroatoms. The zero-order valence-electron chi connectivity index (χ0n) is 15.4. The number of hydrogen-bond donors (Lipinski definition) is 2. The topological polar surface area (TPSA) is 45.7 Å². The lowest BCUT2D eigenvalue weighted by Crippen LogP contribution is -2.39. The summed E-state index contributed by atoms with van der Waals surface area (Å²) < 4.78 is 32.4. The van der Waals surface area contributed by atoms with Gasteiger partial charge in [0.2, 0.25) is 0 Å². The maximum atomic E-state index is 13.7. The predicted octanol–water partition coefficient (Wildman–Crippen LogP) is 3.83. The molecule has 0 spiro atoms. The van der Waals surface area contributed by atoms with Crippen LogP contribution in [0.4, 0.5) is 8.78 Å². The van der Waals surface area contributed by atoms with Gasteiger partial charge in [-0.2, -0.15) is 0 Å². The highest BCUT2D eigenvalue weighted by Gasteiger charge is 2.11. The molecule has 0 amide bonds. The van der Waals surface area contributed by atoms with Gasteiger partial charge in [0, 0.05) is 24.6 Å². The number of hydrogen-bond acceptors (Lipinski definition) is 2. The molecule has 0 aromatic heterocycles. The van der Waals surface area contributed by atoms with Crippen molar-refractivity contribution in [1.82, 2.24) is 10.6 Å². The van der Waals surface area contributed by atoms with Crippen LogP contribution in [0, 0.1) is 11.6 Å². The number of nitrogens with zero attached hydrogens (tertiary/aromatic N) is 1. The van der Waals surface area contributed by atoms with E-state index in [9.17, 15) is 8.78 Å². The SMILES string of the molecule is CCNC(=NCc1cc(F)ccc1F)NCC(C)c1ccccc1OC. The Kier molecular flexibility index (Phi) is 7.38. The number of rotatable bonds is 7. The fourth-order valence-electron chi connectivity index (χ4n) is 2.60. The smallest absolute Gasteiger partial charge is 0.191 e. The first-order valence-electron chi connectivity index (χ1n) is 8.64. The van der Waals surface area contributed by atoms with Gasteiger partial charge in [-0.1, -0.05) is 25.1 Å². The van der Waals surface area contributed by atoms with Crippen LogP contribution in [0.15, 0.2) is 47.5 Å². The van der Waals surface area contributed by atoms with Gasteiger partial charge in [0.1, 0.15) is 17.4 Å². The van der Waals surface area contributed by atoms with Gasteiger partial charge in [0.05, 0.1) is 13.7 Å². The van der Waals surface area contributed by atoms with Crippen molar-refractivity contribution in [3.05, 3.63) is 65.2 Å². The zero-order valence-corrected chi connectivity index (χ0v) is 15.4. The lowest BCUT2D eigenvalue weighted by Gasteiger charge is -2.18. The largest absolute Gasteiger partial charge is 0.496 e. The highest BCUT2D eigenvalue weighted by molar-refractivity contribution is 5.79. The van der Waals surface area contributed by atoms with Crippen LogP contribution < -0.4 is 15.4 Å². The number of ether oxygens (including phenoxy) is 1. The number of para-hydroxylation sites is 1. The molecule has 140 valence electrons. The van der Waals surface area contributed by atoms with Crippen LogP contribution in [-0.2, 0) is 6.54 Å². The number of benzene rings is 2. The zero-order chi connectivity index (χ0) is 18.9. The molecule has 0 saturated carbocycles. The Hall–Kier alpha value is -2.63. The van der Waals surface area contributed by atoms with Gasteiger partial charge in [-0.3, -0.25) is 0 Å². The first kappa shape index (κ1) is 19.7. The lowest BCUT2D eigenvalue weighted by molar-refractivity contribution is 0.406. The Labute approximate surface area is 153 Å². The predicted molar refractivity (Wildman–Crippen MR) is 101 cm³/mol. The second kappa shape index (κ2) is 9.75. The van der Waals surface area contributed by atoms with Crippen LogP contribution >= 0.6 is 0 Å². The van der Waals surface area contributed by atoms with Crippen molar-refractivity contribution in [2.75, 3.05) is 20.2 Å². The van der Waals surface area contributed by atoms with E-state index in [0.717, 1.165) is 23.4 Å². The average molecular weight is 361 g/mol. The highest BCUT2D eigenvalue weighted by atomic mass is 19.1. The maximum absolute atomic E-state index is 13.7. The summed E-state index contributed by atoms with van der Waals surface area (Å²) in [6.07, 6.45) is 0. The van der Waals surface area contributed by atoms with Crippen molar-refractivity contribution in [2.45, 2.75) is 26.3 Å². The molecule has 0 heterocycles. The number of guanidine groups is 1. The molecular formula is C20H25F2N3O. The van der Waals surface area contributed by atoms with Crippen molar-refractivity contribution < 1.29 is 13.5 Å². The molecule has 0 aliphatic heterocycles. The second-order valence-corrected chi connectivity index (χ2v) is 5.95. The summed E-state index contributed by atoms with van der Waals surface area (Å²) >= 11 is 0. The van der Waals surface area contributed by atoms with Crippen molar-refractivity contribution in [3.8, 4) is 5.75 Å². The number of methoxy groups -OCH3 is 1. The molecule has 0 bridgehead atoms. The molecule has 26 heavy (non-hydrogen) atoms. The van der Waals surface area contributed by atoms with E-state index in [1.165, 1.54) is 6.07 Å².